The summed E-state index contributed by atoms with van der Waals surface area (Å²) in [5, 5.41) is 7.19. The second-order valence-electron chi connectivity index (χ2n) is 5.93. The third-order valence-electron chi connectivity index (χ3n) is 3.17. The quantitative estimate of drug-likeness (QED) is 0.912. The average molecular weight is 298 g/mol. The van der Waals surface area contributed by atoms with Crippen molar-refractivity contribution in [1.82, 2.24) is 20.1 Å². The lowest BCUT2D eigenvalue weighted by Gasteiger charge is -2.31. The number of nitrogens with one attached hydrogen (secondary N) is 1. The van der Waals surface area contributed by atoms with Crippen LogP contribution in [0.3, 0.4) is 0 Å². The molecule has 112 valence electrons. The van der Waals surface area contributed by atoms with Crippen LogP contribution in [-0.2, 0) is 14.9 Å². The summed E-state index contributed by atoms with van der Waals surface area (Å²) in [5.41, 5.74) is -0.0994. The van der Waals surface area contributed by atoms with E-state index in [0.717, 1.165) is 5.82 Å². The van der Waals surface area contributed by atoms with Crippen LogP contribution in [0.1, 0.15) is 38.5 Å². The zero-order chi connectivity index (χ0) is 14.8. The van der Waals surface area contributed by atoms with Crippen LogP contribution in [0.2, 0.25) is 0 Å². The van der Waals surface area contributed by atoms with Crippen molar-refractivity contribution in [2.24, 2.45) is 0 Å². The molecule has 20 heavy (non-hydrogen) atoms. The largest absolute Gasteiger partial charge is 0.367 e. The van der Waals surface area contributed by atoms with E-state index in [-0.39, 0.29) is 17.4 Å². The van der Waals surface area contributed by atoms with Gasteiger partial charge in [0.15, 0.2) is 11.6 Å². The predicted molar refractivity (Wildman–Crippen MR) is 78.7 cm³/mol. The van der Waals surface area contributed by atoms with Gasteiger partial charge in [0.1, 0.15) is 6.10 Å². The van der Waals surface area contributed by atoms with Crippen LogP contribution in [0.5, 0.6) is 0 Å². The van der Waals surface area contributed by atoms with E-state index in [0.29, 0.717) is 31.3 Å². The molecule has 1 atom stereocenters. The first-order chi connectivity index (χ1) is 9.41. The monoisotopic (exact) mass is 298 g/mol. The molecule has 1 aliphatic heterocycles. The molecule has 0 spiro atoms. The van der Waals surface area contributed by atoms with Gasteiger partial charge in [-0.2, -0.15) is 16.9 Å². The SMILES string of the molecule is CSCC(=O)N1CCOC(c2nc(C(C)(C)C)n[nH]2)C1. The van der Waals surface area contributed by atoms with Crippen molar-refractivity contribution in [3.05, 3.63) is 11.6 Å². The number of H-pyrrole nitrogens is 1. The molecular weight excluding hydrogens is 276 g/mol. The number of ether oxygens (including phenoxy) is 1. The topological polar surface area (TPSA) is 71.1 Å². The fourth-order valence-corrected chi connectivity index (χ4v) is 2.44. The Labute approximate surface area is 123 Å². The Hall–Kier alpha value is -1.08. The number of thioether (sulfide) groups is 1. The number of hydrogen-bond donors (Lipinski definition) is 1. The van der Waals surface area contributed by atoms with Gasteiger partial charge in [-0.1, -0.05) is 20.8 Å². The third-order valence-corrected chi connectivity index (χ3v) is 3.70. The molecule has 0 saturated carbocycles. The standard InChI is InChI=1S/C13H22N4O2S/c1-13(2,3)12-14-11(15-16-12)9-7-17(5-6-19-9)10(18)8-20-4/h9H,5-8H2,1-4H3,(H,14,15,16). The normalized spacial score (nSPS) is 20.2. The fraction of sp³-hybridized carbons (Fsp3) is 0.769. The van der Waals surface area contributed by atoms with Gasteiger partial charge in [-0.25, -0.2) is 4.98 Å². The Balaban J connectivity index is 2.05. The molecule has 0 radical (unpaired) electrons. The molecule has 1 aliphatic rings. The molecule has 0 aromatic carbocycles. The third kappa shape index (κ3) is 3.52. The molecule has 1 unspecified atom stereocenters. The average Bonchev–Trinajstić information content (AvgIpc) is 2.89. The first kappa shape index (κ1) is 15.3. The maximum atomic E-state index is 11.9. The Morgan fingerprint density at radius 1 is 1.55 bits per heavy atom. The number of rotatable bonds is 3. The highest BCUT2D eigenvalue weighted by molar-refractivity contribution is 7.99. The Morgan fingerprint density at radius 2 is 2.30 bits per heavy atom. The summed E-state index contributed by atoms with van der Waals surface area (Å²) in [6.45, 7) is 7.92. The van der Waals surface area contributed by atoms with Gasteiger partial charge in [0, 0.05) is 12.0 Å². The van der Waals surface area contributed by atoms with Crippen molar-refractivity contribution >= 4 is 17.7 Å². The van der Waals surface area contributed by atoms with E-state index in [2.05, 4.69) is 36.0 Å². The highest BCUT2D eigenvalue weighted by Crippen LogP contribution is 2.23. The molecule has 1 fully saturated rings. The van der Waals surface area contributed by atoms with Crippen LogP contribution < -0.4 is 0 Å². The van der Waals surface area contributed by atoms with Crippen molar-refractivity contribution in [3.63, 3.8) is 0 Å². The number of amides is 1. The van der Waals surface area contributed by atoms with Crippen molar-refractivity contribution < 1.29 is 9.53 Å². The van der Waals surface area contributed by atoms with E-state index in [1.54, 1.807) is 11.8 Å². The van der Waals surface area contributed by atoms with Gasteiger partial charge in [0.25, 0.3) is 0 Å². The summed E-state index contributed by atoms with van der Waals surface area (Å²) in [6.07, 6.45) is 1.72. The van der Waals surface area contributed by atoms with Gasteiger partial charge in [-0.15, -0.1) is 0 Å². The predicted octanol–water partition coefficient (Wildman–Crippen LogP) is 1.37. The van der Waals surface area contributed by atoms with E-state index in [1.807, 2.05) is 11.2 Å². The smallest absolute Gasteiger partial charge is 0.232 e. The first-order valence-electron chi connectivity index (χ1n) is 6.73. The molecule has 2 heterocycles. The van der Waals surface area contributed by atoms with Crippen molar-refractivity contribution in [2.75, 3.05) is 31.7 Å². The number of hydrogen-bond acceptors (Lipinski definition) is 5. The number of aromatic nitrogens is 3. The van der Waals surface area contributed by atoms with Crippen molar-refractivity contribution in [3.8, 4) is 0 Å². The van der Waals surface area contributed by atoms with Crippen LogP contribution in [0.15, 0.2) is 0 Å². The lowest BCUT2D eigenvalue weighted by atomic mass is 9.96. The minimum absolute atomic E-state index is 0.0994. The van der Waals surface area contributed by atoms with Gasteiger partial charge in [-0.05, 0) is 6.26 Å². The molecule has 1 amide bonds. The van der Waals surface area contributed by atoms with E-state index >= 15 is 0 Å². The molecule has 2 rings (SSSR count). The Morgan fingerprint density at radius 3 is 2.90 bits per heavy atom. The Bertz CT molecular complexity index is 469. The molecule has 6 nitrogen and oxygen atoms in total. The molecule has 1 aromatic rings. The molecule has 0 aliphatic carbocycles. The molecule has 1 N–H and O–H groups in total. The highest BCUT2D eigenvalue weighted by Gasteiger charge is 2.29. The molecule has 1 saturated heterocycles. The summed E-state index contributed by atoms with van der Waals surface area (Å²) < 4.78 is 5.71. The number of aromatic amines is 1. The summed E-state index contributed by atoms with van der Waals surface area (Å²) in [5.74, 6) is 2.14. The minimum Gasteiger partial charge on any atom is -0.367 e. The van der Waals surface area contributed by atoms with E-state index in [9.17, 15) is 4.79 Å². The van der Waals surface area contributed by atoms with Gasteiger partial charge in [-0.3, -0.25) is 9.89 Å². The first-order valence-corrected chi connectivity index (χ1v) is 8.12. The fourth-order valence-electron chi connectivity index (χ4n) is 2.01. The second-order valence-corrected chi connectivity index (χ2v) is 6.79. The number of nitrogens with zero attached hydrogens (tertiary/aromatic N) is 3. The van der Waals surface area contributed by atoms with E-state index < -0.39 is 0 Å². The second kappa shape index (κ2) is 6.13. The number of morpholine rings is 1. The summed E-state index contributed by atoms with van der Waals surface area (Å²) in [4.78, 5) is 18.3. The van der Waals surface area contributed by atoms with Crippen LogP contribution in [0.25, 0.3) is 0 Å². The zero-order valence-electron chi connectivity index (χ0n) is 12.5. The van der Waals surface area contributed by atoms with Gasteiger partial charge in [0.05, 0.1) is 18.9 Å². The number of carbonyl (C=O) groups is 1. The van der Waals surface area contributed by atoms with Crippen LogP contribution >= 0.6 is 11.8 Å². The molecule has 1 aromatic heterocycles. The van der Waals surface area contributed by atoms with Crippen LogP contribution in [0.4, 0.5) is 0 Å². The van der Waals surface area contributed by atoms with E-state index in [1.165, 1.54) is 0 Å². The summed E-state index contributed by atoms with van der Waals surface area (Å²) in [6, 6.07) is 0. The maximum Gasteiger partial charge on any atom is 0.232 e. The lowest BCUT2D eigenvalue weighted by molar-refractivity contribution is -0.136. The van der Waals surface area contributed by atoms with Crippen LogP contribution in [-0.4, -0.2) is 57.7 Å². The van der Waals surface area contributed by atoms with Gasteiger partial charge < -0.3 is 9.64 Å². The lowest BCUT2D eigenvalue weighted by Crippen LogP contribution is -2.43. The molecule has 7 heteroatoms. The summed E-state index contributed by atoms with van der Waals surface area (Å²) >= 11 is 1.54. The number of carbonyl (C=O) groups excluding carboxylic acids is 1. The maximum absolute atomic E-state index is 11.9. The highest BCUT2D eigenvalue weighted by atomic mass is 32.2. The van der Waals surface area contributed by atoms with Crippen molar-refractivity contribution in [1.29, 1.82) is 0 Å². The Kier molecular flexibility index (Phi) is 4.70. The zero-order valence-corrected chi connectivity index (χ0v) is 13.3. The molecule has 0 bridgehead atoms. The molecular formula is C13H22N4O2S. The summed E-state index contributed by atoms with van der Waals surface area (Å²) in [7, 11) is 0. The van der Waals surface area contributed by atoms with Gasteiger partial charge in [0.2, 0.25) is 5.91 Å². The minimum atomic E-state index is -0.210. The van der Waals surface area contributed by atoms with Crippen molar-refractivity contribution in [2.45, 2.75) is 32.3 Å². The van der Waals surface area contributed by atoms with Crippen LogP contribution in [0, 0.1) is 0 Å². The van der Waals surface area contributed by atoms with E-state index in [4.69, 9.17) is 4.74 Å². The van der Waals surface area contributed by atoms with Gasteiger partial charge >= 0.3 is 0 Å².